The number of rotatable bonds is 3. The maximum Gasteiger partial charge on any atom is 0.159 e. The molecule has 1 aromatic heterocycles. The number of aryl methyl sites for hydroxylation is 1. The average molecular weight is 426 g/mol. The van der Waals surface area contributed by atoms with E-state index in [1.807, 2.05) is 6.07 Å². The molecule has 0 spiro atoms. The van der Waals surface area contributed by atoms with Gasteiger partial charge in [0.25, 0.3) is 0 Å². The molecule has 1 heterocycles. The Morgan fingerprint density at radius 2 is 1.77 bits per heavy atom. The van der Waals surface area contributed by atoms with Gasteiger partial charge in [0.1, 0.15) is 0 Å². The van der Waals surface area contributed by atoms with Crippen LogP contribution in [0.5, 0.6) is 0 Å². The van der Waals surface area contributed by atoms with Crippen LogP contribution < -0.4 is 0 Å². The largest absolute Gasteiger partial charge is 0.204 e. The van der Waals surface area contributed by atoms with Crippen molar-refractivity contribution >= 4 is 33.9 Å². The van der Waals surface area contributed by atoms with Gasteiger partial charge in [-0.2, -0.15) is 0 Å². The van der Waals surface area contributed by atoms with E-state index in [1.165, 1.54) is 31.7 Å². The molecular formula is C18H13F2IS. The van der Waals surface area contributed by atoms with E-state index >= 15 is 0 Å². The number of benzene rings is 2. The Hall–Kier alpha value is -1.27. The van der Waals surface area contributed by atoms with Crippen molar-refractivity contribution in [2.24, 2.45) is 0 Å². The van der Waals surface area contributed by atoms with Crippen molar-refractivity contribution in [3.05, 3.63) is 79.7 Å². The topological polar surface area (TPSA) is 0 Å². The van der Waals surface area contributed by atoms with Crippen molar-refractivity contribution in [2.75, 3.05) is 0 Å². The van der Waals surface area contributed by atoms with Gasteiger partial charge in [0.15, 0.2) is 11.6 Å². The highest BCUT2D eigenvalue weighted by Gasteiger charge is 2.08. The van der Waals surface area contributed by atoms with Gasteiger partial charge in [0.05, 0.1) is 0 Å². The van der Waals surface area contributed by atoms with Crippen LogP contribution in [0, 0.1) is 22.1 Å². The maximum absolute atomic E-state index is 13.3. The summed E-state index contributed by atoms with van der Waals surface area (Å²) < 4.78 is 27.6. The van der Waals surface area contributed by atoms with Crippen LogP contribution in [0.25, 0.3) is 10.4 Å². The van der Waals surface area contributed by atoms with Crippen LogP contribution in [-0.2, 0) is 6.42 Å². The van der Waals surface area contributed by atoms with Gasteiger partial charge in [-0.05, 0) is 82.6 Å². The smallest absolute Gasteiger partial charge is 0.159 e. The Balaban J connectivity index is 1.87. The molecule has 0 aliphatic heterocycles. The van der Waals surface area contributed by atoms with E-state index in [9.17, 15) is 8.78 Å². The van der Waals surface area contributed by atoms with E-state index in [4.69, 9.17) is 0 Å². The molecule has 0 bridgehead atoms. The van der Waals surface area contributed by atoms with Crippen molar-refractivity contribution in [1.29, 1.82) is 0 Å². The highest BCUT2D eigenvalue weighted by molar-refractivity contribution is 14.1. The average Bonchev–Trinajstić information content (AvgIpc) is 2.94. The number of halogens is 3. The normalized spacial score (nSPS) is 10.9. The Labute approximate surface area is 146 Å². The van der Waals surface area contributed by atoms with E-state index in [0.29, 0.717) is 0 Å². The van der Waals surface area contributed by atoms with Crippen LogP contribution >= 0.6 is 33.9 Å². The summed E-state index contributed by atoms with van der Waals surface area (Å²) in [4.78, 5) is 2.17. The summed E-state index contributed by atoms with van der Waals surface area (Å²) in [5.74, 6) is -1.61. The third-order valence-electron chi connectivity index (χ3n) is 3.54. The molecule has 3 aromatic rings. The van der Waals surface area contributed by atoms with Crippen molar-refractivity contribution in [3.63, 3.8) is 0 Å². The van der Waals surface area contributed by atoms with E-state index < -0.39 is 11.6 Å². The zero-order valence-electron chi connectivity index (χ0n) is 11.9. The molecule has 112 valence electrons. The van der Waals surface area contributed by atoms with E-state index in [-0.39, 0.29) is 0 Å². The van der Waals surface area contributed by atoms with Crippen LogP contribution in [0.4, 0.5) is 8.78 Å². The summed E-state index contributed by atoms with van der Waals surface area (Å²) in [5, 5.41) is 0. The van der Waals surface area contributed by atoms with Gasteiger partial charge in [-0.25, -0.2) is 8.78 Å². The van der Waals surface area contributed by atoms with Crippen LogP contribution in [0.1, 0.15) is 16.0 Å². The summed E-state index contributed by atoms with van der Waals surface area (Å²) in [6.07, 6.45) is 0.858. The predicted molar refractivity (Wildman–Crippen MR) is 96.4 cm³/mol. The minimum absolute atomic E-state index is 0.717. The molecule has 4 heteroatoms. The Morgan fingerprint density at radius 1 is 0.955 bits per heavy atom. The molecule has 0 saturated carbocycles. The van der Waals surface area contributed by atoms with E-state index in [2.05, 4.69) is 53.8 Å². The maximum atomic E-state index is 13.3. The van der Waals surface area contributed by atoms with Crippen LogP contribution in [0.3, 0.4) is 0 Å². The van der Waals surface area contributed by atoms with Crippen molar-refractivity contribution in [1.82, 2.24) is 0 Å². The second-order valence-corrected chi connectivity index (χ2v) is 7.56. The van der Waals surface area contributed by atoms with Gasteiger partial charge in [-0.15, -0.1) is 11.3 Å². The van der Waals surface area contributed by atoms with Gasteiger partial charge in [0.2, 0.25) is 0 Å². The Morgan fingerprint density at radius 3 is 2.55 bits per heavy atom. The fourth-order valence-corrected chi connectivity index (χ4v) is 3.88. The molecule has 3 rings (SSSR count). The molecule has 0 unspecified atom stereocenters. The first-order valence-electron chi connectivity index (χ1n) is 6.82. The summed E-state index contributed by atoms with van der Waals surface area (Å²) >= 11 is 3.93. The second-order valence-electron chi connectivity index (χ2n) is 5.14. The lowest BCUT2D eigenvalue weighted by molar-refractivity contribution is 0.509. The van der Waals surface area contributed by atoms with Gasteiger partial charge in [0, 0.05) is 19.7 Å². The first-order valence-corrected chi connectivity index (χ1v) is 8.71. The van der Waals surface area contributed by atoms with Crippen LogP contribution in [0.2, 0.25) is 0 Å². The Bertz CT molecular complexity index is 824. The van der Waals surface area contributed by atoms with Crippen LogP contribution in [0.15, 0.2) is 48.5 Å². The van der Waals surface area contributed by atoms with Crippen molar-refractivity contribution in [3.8, 4) is 10.4 Å². The molecule has 22 heavy (non-hydrogen) atoms. The molecule has 0 aliphatic rings. The fraction of sp³-hybridized carbons (Fsp3) is 0.111. The fourth-order valence-electron chi connectivity index (χ4n) is 2.30. The summed E-state index contributed by atoms with van der Waals surface area (Å²) in [5.41, 5.74) is 3.28. The molecular weight excluding hydrogens is 413 g/mol. The van der Waals surface area contributed by atoms with Crippen molar-refractivity contribution < 1.29 is 8.78 Å². The third-order valence-corrected chi connectivity index (χ3v) is 5.35. The second kappa shape index (κ2) is 6.46. The molecule has 0 atom stereocenters. The summed E-state index contributed by atoms with van der Waals surface area (Å²) in [6.45, 7) is 2.11. The lowest BCUT2D eigenvalue weighted by Crippen LogP contribution is -1.90. The number of thiophene rings is 1. The molecule has 0 N–H and O–H groups in total. The number of hydrogen-bond donors (Lipinski definition) is 0. The minimum Gasteiger partial charge on any atom is -0.204 e. The Kier molecular flexibility index (Phi) is 4.59. The molecule has 0 radical (unpaired) electrons. The number of hydrogen-bond acceptors (Lipinski definition) is 1. The highest BCUT2D eigenvalue weighted by atomic mass is 127. The lowest BCUT2D eigenvalue weighted by Gasteiger charge is -2.05. The predicted octanol–water partition coefficient (Wildman–Crippen LogP) is 6.20. The highest BCUT2D eigenvalue weighted by Crippen LogP contribution is 2.31. The monoisotopic (exact) mass is 426 g/mol. The van der Waals surface area contributed by atoms with Gasteiger partial charge in [-0.3, -0.25) is 0 Å². The van der Waals surface area contributed by atoms with E-state index in [1.54, 1.807) is 17.4 Å². The standard InChI is InChI=1S/C18H13F2IS/c1-11-2-4-14(21)8-13(11)9-15-5-7-18(22-15)12-3-6-16(19)17(20)10-12/h2-8,10H,9H2,1H3. The zero-order valence-corrected chi connectivity index (χ0v) is 14.8. The van der Waals surface area contributed by atoms with E-state index in [0.717, 1.165) is 16.9 Å². The zero-order chi connectivity index (χ0) is 15.7. The first-order chi connectivity index (χ1) is 10.5. The SMILES string of the molecule is Cc1ccc(I)cc1Cc1ccc(-c2ccc(F)c(F)c2)s1. The third kappa shape index (κ3) is 3.38. The first kappa shape index (κ1) is 15.6. The van der Waals surface area contributed by atoms with Gasteiger partial charge >= 0.3 is 0 Å². The van der Waals surface area contributed by atoms with Crippen molar-refractivity contribution in [2.45, 2.75) is 13.3 Å². The molecule has 2 aromatic carbocycles. The molecule has 0 amide bonds. The summed E-state index contributed by atoms with van der Waals surface area (Å²) in [6, 6.07) is 14.5. The minimum atomic E-state index is -0.810. The quantitative estimate of drug-likeness (QED) is 0.438. The molecule has 0 saturated heterocycles. The van der Waals surface area contributed by atoms with Gasteiger partial charge < -0.3 is 0 Å². The summed E-state index contributed by atoms with van der Waals surface area (Å²) in [7, 11) is 0. The van der Waals surface area contributed by atoms with Gasteiger partial charge in [-0.1, -0.05) is 12.1 Å². The lowest BCUT2D eigenvalue weighted by atomic mass is 10.1. The molecule has 0 fully saturated rings. The van der Waals surface area contributed by atoms with Crippen LogP contribution in [-0.4, -0.2) is 0 Å². The molecule has 0 aliphatic carbocycles. The molecule has 0 nitrogen and oxygen atoms in total.